The second-order valence-electron chi connectivity index (χ2n) is 8.96. The molecule has 182 valence electrons. The van der Waals surface area contributed by atoms with E-state index in [0.29, 0.717) is 30.7 Å². The normalized spacial score (nSPS) is 25.0. The van der Waals surface area contributed by atoms with Crippen LogP contribution < -0.4 is 5.32 Å². The molecule has 3 heterocycles. The molecule has 0 bridgehead atoms. The van der Waals surface area contributed by atoms with Crippen LogP contribution in [0.1, 0.15) is 43.0 Å². The van der Waals surface area contributed by atoms with E-state index in [-0.39, 0.29) is 43.7 Å². The van der Waals surface area contributed by atoms with Crippen molar-refractivity contribution in [2.24, 2.45) is 5.92 Å². The van der Waals surface area contributed by atoms with Crippen LogP contribution in [-0.2, 0) is 20.8 Å². The summed E-state index contributed by atoms with van der Waals surface area (Å²) in [7, 11) is 1.53. The second-order valence-corrected chi connectivity index (χ2v) is 8.96. The third-order valence-electron chi connectivity index (χ3n) is 6.96. The van der Waals surface area contributed by atoms with Crippen molar-refractivity contribution in [1.29, 1.82) is 0 Å². The zero-order valence-electron chi connectivity index (χ0n) is 19.2. The molecule has 2 aliphatic rings. The van der Waals surface area contributed by atoms with E-state index in [1.807, 2.05) is 0 Å². The zero-order valence-corrected chi connectivity index (χ0v) is 19.2. The number of hydrogen-bond donors (Lipinski definition) is 2. The van der Waals surface area contributed by atoms with E-state index in [2.05, 4.69) is 5.32 Å². The van der Waals surface area contributed by atoms with Crippen molar-refractivity contribution < 1.29 is 28.3 Å². The molecule has 0 aliphatic carbocycles. The average Bonchev–Trinajstić information content (AvgIpc) is 3.45. The summed E-state index contributed by atoms with van der Waals surface area (Å²) in [6, 6.07) is 8.31. The smallest absolute Gasteiger partial charge is 0.248 e. The number of furan rings is 1. The van der Waals surface area contributed by atoms with Gasteiger partial charge in [0.1, 0.15) is 23.2 Å². The van der Waals surface area contributed by atoms with Crippen LogP contribution >= 0.6 is 0 Å². The Morgan fingerprint density at radius 3 is 2.65 bits per heavy atom. The number of likely N-dealkylation sites (tertiary alicyclic amines) is 2. The first-order valence-corrected chi connectivity index (χ1v) is 11.6. The van der Waals surface area contributed by atoms with Gasteiger partial charge in [0.15, 0.2) is 0 Å². The molecule has 0 radical (unpaired) electrons. The summed E-state index contributed by atoms with van der Waals surface area (Å²) in [4.78, 5) is 44.0. The molecule has 2 aliphatic heterocycles. The van der Waals surface area contributed by atoms with Gasteiger partial charge in [0.05, 0.1) is 25.2 Å². The van der Waals surface area contributed by atoms with Crippen LogP contribution in [-0.4, -0.2) is 64.9 Å². The average molecular weight is 472 g/mol. The highest BCUT2D eigenvalue weighted by Crippen LogP contribution is 2.51. The predicted octanol–water partition coefficient (Wildman–Crippen LogP) is 2.04. The fraction of sp³-hybridized carbons (Fsp3) is 0.480. The number of aliphatic hydroxyl groups excluding tert-OH is 1. The highest BCUT2D eigenvalue weighted by Gasteiger charge is 2.61. The Labute approximate surface area is 197 Å². The lowest BCUT2D eigenvalue weighted by atomic mass is 9.85. The highest BCUT2D eigenvalue weighted by molar-refractivity contribution is 5.95. The number of β-amino-alcohol motifs (C(OH)–C–C–N with tert-alkyl or cyclic N) is 1. The molecule has 1 aromatic heterocycles. The highest BCUT2D eigenvalue weighted by atomic mass is 19.1. The van der Waals surface area contributed by atoms with Gasteiger partial charge in [-0.2, -0.15) is 0 Å². The molecule has 1 aromatic carbocycles. The van der Waals surface area contributed by atoms with E-state index >= 15 is 0 Å². The fourth-order valence-electron chi connectivity index (χ4n) is 5.45. The first-order chi connectivity index (χ1) is 16.4. The Bertz CT molecular complexity index is 1030. The van der Waals surface area contributed by atoms with Crippen LogP contribution in [0.5, 0.6) is 0 Å². The van der Waals surface area contributed by atoms with Crippen LogP contribution in [0.4, 0.5) is 4.39 Å². The van der Waals surface area contributed by atoms with Crippen molar-refractivity contribution in [3.63, 3.8) is 0 Å². The molecular weight excluding hydrogens is 441 g/mol. The van der Waals surface area contributed by atoms with Crippen LogP contribution in [0.2, 0.25) is 0 Å². The van der Waals surface area contributed by atoms with E-state index < -0.39 is 23.3 Å². The molecule has 9 heteroatoms. The maximum atomic E-state index is 14.0. The van der Waals surface area contributed by atoms with Crippen LogP contribution in [0.15, 0.2) is 47.1 Å². The van der Waals surface area contributed by atoms with E-state index in [1.54, 1.807) is 34.1 Å². The van der Waals surface area contributed by atoms with Crippen LogP contribution in [0.3, 0.4) is 0 Å². The molecule has 2 aromatic rings. The number of benzene rings is 1. The van der Waals surface area contributed by atoms with Gasteiger partial charge in [-0.1, -0.05) is 12.1 Å². The predicted molar refractivity (Wildman–Crippen MR) is 121 cm³/mol. The minimum Gasteiger partial charge on any atom is -0.467 e. The van der Waals surface area contributed by atoms with Crippen LogP contribution in [0, 0.1) is 11.7 Å². The van der Waals surface area contributed by atoms with Gasteiger partial charge in [-0.05, 0) is 55.5 Å². The Kier molecular flexibility index (Phi) is 7.02. The van der Waals surface area contributed by atoms with Crippen molar-refractivity contribution in [1.82, 2.24) is 15.1 Å². The number of rotatable bonds is 6. The second kappa shape index (κ2) is 9.97. The summed E-state index contributed by atoms with van der Waals surface area (Å²) in [6.45, 7) is 0.458. The van der Waals surface area contributed by atoms with Gasteiger partial charge in [0.2, 0.25) is 17.7 Å². The molecule has 2 saturated heterocycles. The number of hydrogen-bond acceptors (Lipinski definition) is 5. The Morgan fingerprint density at radius 2 is 2.00 bits per heavy atom. The minimum absolute atomic E-state index is 0.0486. The molecule has 2 fully saturated rings. The number of halogens is 1. The van der Waals surface area contributed by atoms with Crippen LogP contribution in [0.25, 0.3) is 0 Å². The number of amides is 3. The van der Waals surface area contributed by atoms with Crippen molar-refractivity contribution in [3.8, 4) is 0 Å². The number of nitrogens with zero attached hydrogens (tertiary/aromatic N) is 2. The molecule has 4 rings (SSSR count). The third-order valence-corrected chi connectivity index (χ3v) is 6.96. The maximum Gasteiger partial charge on any atom is 0.248 e. The summed E-state index contributed by atoms with van der Waals surface area (Å²) in [6.07, 6.45) is 3.44. The van der Waals surface area contributed by atoms with Gasteiger partial charge in [0.25, 0.3) is 0 Å². The van der Waals surface area contributed by atoms with Gasteiger partial charge in [-0.15, -0.1) is 0 Å². The van der Waals surface area contributed by atoms with Crippen molar-refractivity contribution in [2.45, 2.75) is 43.7 Å². The van der Waals surface area contributed by atoms with Gasteiger partial charge >= 0.3 is 0 Å². The third kappa shape index (κ3) is 4.32. The molecule has 0 saturated carbocycles. The first kappa shape index (κ1) is 23.9. The fourth-order valence-corrected chi connectivity index (χ4v) is 5.45. The lowest BCUT2D eigenvalue weighted by Gasteiger charge is -2.41. The van der Waals surface area contributed by atoms with Crippen molar-refractivity contribution >= 4 is 17.7 Å². The molecule has 2 N–H and O–H groups in total. The van der Waals surface area contributed by atoms with Gasteiger partial charge in [-0.25, -0.2) is 4.39 Å². The maximum absolute atomic E-state index is 14.0. The molecule has 3 atom stereocenters. The molecule has 34 heavy (non-hydrogen) atoms. The van der Waals surface area contributed by atoms with Gasteiger partial charge < -0.3 is 24.6 Å². The largest absolute Gasteiger partial charge is 0.467 e. The molecule has 1 spiro atoms. The number of aliphatic hydroxyl groups is 1. The zero-order chi connectivity index (χ0) is 24.3. The summed E-state index contributed by atoms with van der Waals surface area (Å²) in [5, 5.41) is 12.2. The lowest BCUT2D eigenvalue weighted by Crippen LogP contribution is -2.58. The molecule has 0 unspecified atom stereocenters. The van der Waals surface area contributed by atoms with E-state index in [9.17, 15) is 23.9 Å². The van der Waals surface area contributed by atoms with E-state index in [1.165, 1.54) is 25.4 Å². The number of carbonyl (C=O) groups excluding carboxylic acids is 3. The first-order valence-electron chi connectivity index (χ1n) is 11.6. The topological polar surface area (TPSA) is 103 Å². The number of nitrogens with one attached hydrogen (secondary N) is 1. The Hall–Kier alpha value is -3.20. The SMILES string of the molecule is CNC(=O)[C@H]1C[C@]2(CCCCN(CCO)C2=O)N(C(=O)Cc2ccc(F)cc2)[C@H]1c1ccco1. The van der Waals surface area contributed by atoms with Crippen molar-refractivity contribution in [3.05, 3.63) is 59.8 Å². The summed E-state index contributed by atoms with van der Waals surface area (Å²) in [5.74, 6) is -1.52. The van der Waals surface area contributed by atoms with Gasteiger partial charge in [-0.3, -0.25) is 14.4 Å². The molecular formula is C25H30FN3O5. The summed E-state index contributed by atoms with van der Waals surface area (Å²) in [5.41, 5.74) is -0.631. The standard InChI is InChI=1S/C25H30FN3O5/c1-27-23(32)19-16-25(10-2-3-11-28(12-13-30)24(25)33)29(22(19)20-5-4-14-34-20)21(31)15-17-6-8-18(26)9-7-17/h4-9,14,19,22,30H,2-3,10-13,15-16H2,1H3,(H,27,32)/t19-,22+,25-/m0/s1. The molecule has 8 nitrogen and oxygen atoms in total. The van der Waals surface area contributed by atoms with E-state index in [4.69, 9.17) is 4.42 Å². The summed E-state index contributed by atoms with van der Waals surface area (Å²) >= 11 is 0. The Morgan fingerprint density at radius 1 is 1.24 bits per heavy atom. The molecule has 3 amide bonds. The number of carbonyl (C=O) groups is 3. The lowest BCUT2D eigenvalue weighted by molar-refractivity contribution is -0.153. The Balaban J connectivity index is 1.82. The van der Waals surface area contributed by atoms with Gasteiger partial charge in [0, 0.05) is 20.1 Å². The monoisotopic (exact) mass is 471 g/mol. The van der Waals surface area contributed by atoms with Crippen molar-refractivity contribution in [2.75, 3.05) is 26.7 Å². The minimum atomic E-state index is -1.24. The van der Waals surface area contributed by atoms with E-state index in [0.717, 1.165) is 6.42 Å². The quantitative estimate of drug-likeness (QED) is 0.671. The summed E-state index contributed by atoms with van der Waals surface area (Å²) < 4.78 is 19.1.